The first-order valence-electron chi connectivity index (χ1n) is 6.87. The van der Waals surface area contributed by atoms with Gasteiger partial charge < -0.3 is 9.88 Å². The molecule has 0 bridgehead atoms. The second-order valence-corrected chi connectivity index (χ2v) is 5.26. The van der Waals surface area contributed by atoms with Gasteiger partial charge in [0.2, 0.25) is 0 Å². The molecule has 1 amide bonds. The molecule has 0 unspecified atom stereocenters. The Morgan fingerprint density at radius 3 is 2.53 bits per heavy atom. The van der Waals surface area contributed by atoms with Gasteiger partial charge >= 0.3 is 0 Å². The number of nitrogens with one attached hydrogen (secondary N) is 1. The van der Waals surface area contributed by atoms with Gasteiger partial charge in [-0.2, -0.15) is 0 Å². The number of rotatable bonds is 5. The number of aromatic nitrogens is 1. The number of pyridine rings is 1. The molecule has 106 valence electrons. The summed E-state index contributed by atoms with van der Waals surface area (Å²) in [6, 6.07) is 1.70. The van der Waals surface area contributed by atoms with E-state index in [1.165, 1.54) is 0 Å². The van der Waals surface area contributed by atoms with E-state index in [4.69, 9.17) is 0 Å². The smallest absolute Gasteiger partial charge is 0.263 e. The largest absolute Gasteiger partial charge is 0.355 e. The van der Waals surface area contributed by atoms with Crippen LogP contribution in [-0.2, 0) is 13.0 Å². The maximum atomic E-state index is 12.4. The van der Waals surface area contributed by atoms with Crippen LogP contribution in [-0.4, -0.2) is 17.5 Å². The fraction of sp³-hybridized carbons (Fsp3) is 0.600. The summed E-state index contributed by atoms with van der Waals surface area (Å²) < 4.78 is 1.76. The zero-order chi connectivity index (χ0) is 14.6. The van der Waals surface area contributed by atoms with Crippen molar-refractivity contribution in [2.75, 3.05) is 7.05 Å². The number of nitrogens with zero attached hydrogens (tertiary/aromatic N) is 1. The van der Waals surface area contributed by atoms with Gasteiger partial charge in [0.1, 0.15) is 5.56 Å². The molecule has 4 heteroatoms. The summed E-state index contributed by atoms with van der Waals surface area (Å²) in [5.41, 5.74) is 2.09. The lowest BCUT2D eigenvalue weighted by molar-refractivity contribution is 0.0960. The van der Waals surface area contributed by atoms with Gasteiger partial charge in [-0.15, -0.1) is 0 Å². The third kappa shape index (κ3) is 3.46. The van der Waals surface area contributed by atoms with Gasteiger partial charge in [-0.05, 0) is 37.3 Å². The van der Waals surface area contributed by atoms with Crippen molar-refractivity contribution < 1.29 is 4.79 Å². The highest BCUT2D eigenvalue weighted by atomic mass is 16.2. The summed E-state index contributed by atoms with van der Waals surface area (Å²) in [7, 11) is 1.54. The van der Waals surface area contributed by atoms with E-state index in [2.05, 4.69) is 19.2 Å². The Labute approximate surface area is 114 Å². The highest BCUT2D eigenvalue weighted by Crippen LogP contribution is 2.11. The average molecular weight is 264 g/mol. The van der Waals surface area contributed by atoms with Crippen molar-refractivity contribution in [3.8, 4) is 0 Å². The van der Waals surface area contributed by atoms with Crippen LogP contribution >= 0.6 is 0 Å². The normalized spacial score (nSPS) is 10.8. The van der Waals surface area contributed by atoms with Crippen LogP contribution in [0.5, 0.6) is 0 Å². The number of aryl methyl sites for hydroxylation is 1. The maximum absolute atomic E-state index is 12.4. The fourth-order valence-electron chi connectivity index (χ4n) is 2.23. The second kappa shape index (κ2) is 6.55. The molecule has 0 aromatic carbocycles. The number of amides is 1. The van der Waals surface area contributed by atoms with E-state index in [9.17, 15) is 9.59 Å². The highest BCUT2D eigenvalue weighted by molar-refractivity contribution is 5.93. The Morgan fingerprint density at radius 1 is 1.42 bits per heavy atom. The molecule has 0 radical (unpaired) electrons. The number of hydrogen-bond acceptors (Lipinski definition) is 2. The van der Waals surface area contributed by atoms with E-state index in [0.717, 1.165) is 24.1 Å². The summed E-state index contributed by atoms with van der Waals surface area (Å²) in [5.74, 6) is 0.217. The molecule has 0 spiro atoms. The number of hydrogen-bond donors (Lipinski definition) is 1. The summed E-state index contributed by atoms with van der Waals surface area (Å²) in [4.78, 5) is 24.2. The molecule has 0 fully saturated rings. The van der Waals surface area contributed by atoms with E-state index in [1.54, 1.807) is 17.7 Å². The molecular formula is C15H24N2O2. The predicted molar refractivity (Wildman–Crippen MR) is 77.7 cm³/mol. The van der Waals surface area contributed by atoms with Crippen LogP contribution < -0.4 is 10.9 Å². The molecule has 1 aromatic heterocycles. The van der Waals surface area contributed by atoms with Crippen molar-refractivity contribution in [1.82, 2.24) is 9.88 Å². The summed E-state index contributed by atoms with van der Waals surface area (Å²) in [6.45, 7) is 8.92. The standard InChI is InChI=1S/C15H24N2O2/c1-6-13-11(4)9-12(14(18)16-5)15(19)17(13)8-7-10(2)3/h9-10H,6-8H2,1-5H3,(H,16,18). The van der Waals surface area contributed by atoms with Gasteiger partial charge in [0, 0.05) is 19.3 Å². The molecule has 1 aromatic rings. The van der Waals surface area contributed by atoms with Crippen LogP contribution in [0.25, 0.3) is 0 Å². The molecule has 1 rings (SSSR count). The van der Waals surface area contributed by atoms with E-state index >= 15 is 0 Å². The molecule has 1 heterocycles. The van der Waals surface area contributed by atoms with E-state index in [1.807, 2.05) is 13.8 Å². The first-order valence-corrected chi connectivity index (χ1v) is 6.87. The minimum atomic E-state index is -0.311. The van der Waals surface area contributed by atoms with Crippen molar-refractivity contribution >= 4 is 5.91 Å². The summed E-state index contributed by atoms with van der Waals surface area (Å²) >= 11 is 0. The van der Waals surface area contributed by atoms with Crippen molar-refractivity contribution in [3.63, 3.8) is 0 Å². The number of carbonyl (C=O) groups is 1. The van der Waals surface area contributed by atoms with Gasteiger partial charge in [-0.3, -0.25) is 9.59 Å². The van der Waals surface area contributed by atoms with Crippen molar-refractivity contribution in [2.24, 2.45) is 5.92 Å². The molecule has 1 N–H and O–H groups in total. The lowest BCUT2D eigenvalue weighted by Gasteiger charge is -2.17. The lowest BCUT2D eigenvalue weighted by atomic mass is 10.1. The molecular weight excluding hydrogens is 240 g/mol. The van der Waals surface area contributed by atoms with Crippen molar-refractivity contribution in [1.29, 1.82) is 0 Å². The SMILES string of the molecule is CCc1c(C)cc(C(=O)NC)c(=O)n1CCC(C)C. The van der Waals surface area contributed by atoms with Crippen molar-refractivity contribution in [3.05, 3.63) is 33.2 Å². The summed E-state index contributed by atoms with van der Waals surface area (Å²) in [6.07, 6.45) is 1.73. The van der Waals surface area contributed by atoms with Crippen LogP contribution in [0.2, 0.25) is 0 Å². The average Bonchev–Trinajstić information content (AvgIpc) is 2.37. The minimum Gasteiger partial charge on any atom is -0.355 e. The molecule has 0 atom stereocenters. The lowest BCUT2D eigenvalue weighted by Crippen LogP contribution is -2.33. The molecule has 0 aliphatic rings. The van der Waals surface area contributed by atoms with Gasteiger partial charge in [-0.1, -0.05) is 20.8 Å². The Balaban J connectivity index is 3.35. The molecule has 19 heavy (non-hydrogen) atoms. The van der Waals surface area contributed by atoms with Gasteiger partial charge in [0.25, 0.3) is 11.5 Å². The van der Waals surface area contributed by atoms with E-state index in [-0.39, 0.29) is 17.0 Å². The number of carbonyl (C=O) groups excluding carboxylic acids is 1. The molecule has 0 saturated heterocycles. The second-order valence-electron chi connectivity index (χ2n) is 5.26. The first kappa shape index (κ1) is 15.5. The Bertz CT molecular complexity index is 516. The van der Waals surface area contributed by atoms with Gasteiger partial charge in [-0.25, -0.2) is 0 Å². The quantitative estimate of drug-likeness (QED) is 0.885. The zero-order valence-electron chi connectivity index (χ0n) is 12.5. The van der Waals surface area contributed by atoms with Gasteiger partial charge in [0.15, 0.2) is 0 Å². The van der Waals surface area contributed by atoms with Crippen LogP contribution in [0.1, 0.15) is 48.8 Å². The van der Waals surface area contributed by atoms with Crippen LogP contribution in [0.4, 0.5) is 0 Å². The summed E-state index contributed by atoms with van der Waals surface area (Å²) in [5, 5.41) is 2.53. The van der Waals surface area contributed by atoms with Gasteiger partial charge in [0.05, 0.1) is 0 Å². The maximum Gasteiger partial charge on any atom is 0.263 e. The minimum absolute atomic E-state index is 0.178. The Morgan fingerprint density at radius 2 is 2.05 bits per heavy atom. The van der Waals surface area contributed by atoms with E-state index in [0.29, 0.717) is 12.5 Å². The van der Waals surface area contributed by atoms with Crippen molar-refractivity contribution in [2.45, 2.75) is 47.1 Å². The first-order chi connectivity index (χ1) is 8.92. The molecule has 0 aliphatic heterocycles. The topological polar surface area (TPSA) is 51.1 Å². The highest BCUT2D eigenvalue weighted by Gasteiger charge is 2.16. The fourth-order valence-corrected chi connectivity index (χ4v) is 2.23. The molecule has 0 saturated carbocycles. The Hall–Kier alpha value is -1.58. The third-order valence-electron chi connectivity index (χ3n) is 3.35. The molecule has 0 aliphatic carbocycles. The van der Waals surface area contributed by atoms with Crippen LogP contribution in [0.15, 0.2) is 10.9 Å². The van der Waals surface area contributed by atoms with Crippen LogP contribution in [0.3, 0.4) is 0 Å². The monoisotopic (exact) mass is 264 g/mol. The predicted octanol–water partition coefficient (Wildman–Crippen LogP) is 2.12. The molecule has 4 nitrogen and oxygen atoms in total. The van der Waals surface area contributed by atoms with E-state index < -0.39 is 0 Å². The zero-order valence-corrected chi connectivity index (χ0v) is 12.5. The van der Waals surface area contributed by atoms with Crippen LogP contribution in [0, 0.1) is 12.8 Å². The Kier molecular flexibility index (Phi) is 5.33. The third-order valence-corrected chi connectivity index (χ3v) is 3.35.